The van der Waals surface area contributed by atoms with E-state index in [-0.39, 0.29) is 24.4 Å². The quantitative estimate of drug-likeness (QED) is 0.752. The number of carbonyl (C=O) groups excluding carboxylic acids is 1. The molecule has 0 aromatic carbocycles. The van der Waals surface area contributed by atoms with Crippen LogP contribution in [0, 0.1) is 5.92 Å². The van der Waals surface area contributed by atoms with Crippen LogP contribution in [0.2, 0.25) is 0 Å². The number of hydrogen-bond donors (Lipinski definition) is 2. The molecule has 0 bridgehead atoms. The predicted molar refractivity (Wildman–Crippen MR) is 82.6 cm³/mol. The fourth-order valence-corrected chi connectivity index (χ4v) is 2.63. The Balaban J connectivity index is 0.00000324. The molecule has 0 aromatic rings. The smallest absolute Gasteiger partial charge is 0.236 e. The Hall–Kier alpha value is -0.320. The van der Waals surface area contributed by atoms with E-state index in [0.717, 1.165) is 25.9 Å². The largest absolute Gasteiger partial charge is 0.353 e. The molecule has 1 fully saturated rings. The average Bonchev–Trinajstić information content (AvgIpc) is 2.72. The number of rotatable bonds is 7. The van der Waals surface area contributed by atoms with E-state index in [4.69, 9.17) is 5.73 Å². The number of halogens is 1. The lowest BCUT2D eigenvalue weighted by Gasteiger charge is -2.26. The molecule has 1 saturated heterocycles. The molecule has 3 N–H and O–H groups in total. The van der Waals surface area contributed by atoms with Gasteiger partial charge in [-0.25, -0.2) is 0 Å². The van der Waals surface area contributed by atoms with Gasteiger partial charge in [0.2, 0.25) is 5.91 Å². The van der Waals surface area contributed by atoms with Crippen LogP contribution in [0.25, 0.3) is 0 Å². The summed E-state index contributed by atoms with van der Waals surface area (Å²) in [5.74, 6) is 0.692. The summed E-state index contributed by atoms with van der Waals surface area (Å²) in [4.78, 5) is 14.3. The molecule has 1 heterocycles. The van der Waals surface area contributed by atoms with Crippen molar-refractivity contribution in [1.82, 2.24) is 10.2 Å². The van der Waals surface area contributed by atoms with Gasteiger partial charge in [0.05, 0.1) is 6.04 Å². The van der Waals surface area contributed by atoms with Crippen molar-refractivity contribution < 1.29 is 4.79 Å². The minimum Gasteiger partial charge on any atom is -0.353 e. The van der Waals surface area contributed by atoms with Crippen LogP contribution in [0.1, 0.15) is 46.5 Å². The van der Waals surface area contributed by atoms with Gasteiger partial charge in [-0.2, -0.15) is 0 Å². The van der Waals surface area contributed by atoms with E-state index in [1.165, 1.54) is 19.4 Å². The first-order chi connectivity index (χ1) is 8.54. The second-order valence-corrected chi connectivity index (χ2v) is 5.83. The zero-order valence-electron chi connectivity index (χ0n) is 12.5. The van der Waals surface area contributed by atoms with Crippen LogP contribution in [0.15, 0.2) is 0 Å². The normalized spacial score (nSPS) is 21.2. The zero-order valence-corrected chi connectivity index (χ0v) is 13.3. The molecule has 5 heteroatoms. The van der Waals surface area contributed by atoms with Crippen molar-refractivity contribution in [2.24, 2.45) is 11.7 Å². The Morgan fingerprint density at radius 3 is 2.74 bits per heavy atom. The van der Waals surface area contributed by atoms with Crippen LogP contribution in [0.3, 0.4) is 0 Å². The van der Waals surface area contributed by atoms with Gasteiger partial charge in [-0.3, -0.25) is 9.69 Å². The Kier molecular flexibility index (Phi) is 9.40. The number of nitrogens with one attached hydrogen (secondary N) is 1. The third-order valence-corrected chi connectivity index (χ3v) is 3.55. The fourth-order valence-electron chi connectivity index (χ4n) is 2.63. The van der Waals surface area contributed by atoms with Crippen molar-refractivity contribution in [2.75, 3.05) is 19.6 Å². The van der Waals surface area contributed by atoms with Gasteiger partial charge >= 0.3 is 0 Å². The van der Waals surface area contributed by atoms with Crippen molar-refractivity contribution in [3.05, 3.63) is 0 Å². The van der Waals surface area contributed by atoms with Gasteiger partial charge in [0, 0.05) is 19.1 Å². The average molecular weight is 292 g/mol. The molecule has 19 heavy (non-hydrogen) atoms. The highest BCUT2D eigenvalue weighted by atomic mass is 35.5. The Morgan fingerprint density at radius 2 is 2.16 bits per heavy atom. The van der Waals surface area contributed by atoms with Gasteiger partial charge in [-0.05, 0) is 31.7 Å². The molecule has 4 nitrogen and oxygen atoms in total. The standard InChI is InChI=1S/C14H29N3O.ClH/c1-4-6-13(15)14(18)16-9-12-7-5-8-17(12)10-11(2)3;/h11-13H,4-10,15H2,1-3H3,(H,16,18);1H/t12-,13?;/m1./s1. The van der Waals surface area contributed by atoms with Crippen LogP contribution in [0.4, 0.5) is 0 Å². The molecule has 0 aromatic heterocycles. The molecular formula is C14H30ClN3O. The summed E-state index contributed by atoms with van der Waals surface area (Å²) in [7, 11) is 0. The summed E-state index contributed by atoms with van der Waals surface area (Å²) in [6.45, 7) is 9.58. The molecule has 2 atom stereocenters. The number of nitrogens with two attached hydrogens (primary N) is 1. The minimum absolute atomic E-state index is 0. The van der Waals surface area contributed by atoms with E-state index >= 15 is 0 Å². The second-order valence-electron chi connectivity index (χ2n) is 5.83. The molecule has 1 aliphatic heterocycles. The Bertz CT molecular complexity index is 261. The first-order valence-electron chi connectivity index (χ1n) is 7.32. The van der Waals surface area contributed by atoms with E-state index in [9.17, 15) is 4.79 Å². The molecule has 1 unspecified atom stereocenters. The maximum Gasteiger partial charge on any atom is 0.236 e. The van der Waals surface area contributed by atoms with Gasteiger partial charge in [-0.15, -0.1) is 12.4 Å². The van der Waals surface area contributed by atoms with E-state index in [2.05, 4.69) is 31.0 Å². The van der Waals surface area contributed by atoms with Crippen LogP contribution >= 0.6 is 12.4 Å². The van der Waals surface area contributed by atoms with Crippen LogP contribution in [0.5, 0.6) is 0 Å². The molecule has 0 spiro atoms. The predicted octanol–water partition coefficient (Wildman–Crippen LogP) is 1.77. The summed E-state index contributed by atoms with van der Waals surface area (Å²) < 4.78 is 0. The highest BCUT2D eigenvalue weighted by Gasteiger charge is 2.25. The van der Waals surface area contributed by atoms with Crippen LogP contribution in [-0.4, -0.2) is 42.5 Å². The summed E-state index contributed by atoms with van der Waals surface area (Å²) >= 11 is 0. The van der Waals surface area contributed by atoms with Crippen molar-refractivity contribution in [1.29, 1.82) is 0 Å². The van der Waals surface area contributed by atoms with Gasteiger partial charge in [-0.1, -0.05) is 27.2 Å². The summed E-state index contributed by atoms with van der Waals surface area (Å²) in [5.41, 5.74) is 5.80. The lowest BCUT2D eigenvalue weighted by atomic mass is 10.1. The Morgan fingerprint density at radius 1 is 1.47 bits per heavy atom. The number of carbonyl (C=O) groups is 1. The first-order valence-corrected chi connectivity index (χ1v) is 7.32. The van der Waals surface area contributed by atoms with Crippen LogP contribution < -0.4 is 11.1 Å². The lowest BCUT2D eigenvalue weighted by Crippen LogP contribution is -2.46. The maximum absolute atomic E-state index is 11.8. The second kappa shape index (κ2) is 9.56. The molecular weight excluding hydrogens is 262 g/mol. The van der Waals surface area contributed by atoms with Crippen molar-refractivity contribution in [2.45, 2.75) is 58.5 Å². The van der Waals surface area contributed by atoms with E-state index < -0.39 is 0 Å². The van der Waals surface area contributed by atoms with E-state index in [0.29, 0.717) is 12.0 Å². The number of hydrogen-bond acceptors (Lipinski definition) is 3. The van der Waals surface area contributed by atoms with E-state index in [1.54, 1.807) is 0 Å². The summed E-state index contributed by atoms with van der Waals surface area (Å²) in [6, 6.07) is 0.167. The highest BCUT2D eigenvalue weighted by Crippen LogP contribution is 2.17. The summed E-state index contributed by atoms with van der Waals surface area (Å²) in [6.07, 6.45) is 4.16. The highest BCUT2D eigenvalue weighted by molar-refractivity contribution is 5.85. The van der Waals surface area contributed by atoms with E-state index in [1.807, 2.05) is 0 Å². The molecule has 114 valence electrons. The molecule has 0 saturated carbocycles. The van der Waals surface area contributed by atoms with Gasteiger partial charge in [0.1, 0.15) is 0 Å². The lowest BCUT2D eigenvalue weighted by molar-refractivity contribution is -0.122. The van der Waals surface area contributed by atoms with Gasteiger partial charge in [0.15, 0.2) is 0 Å². The minimum atomic E-state index is -0.338. The number of likely N-dealkylation sites (tertiary alicyclic amines) is 1. The van der Waals surface area contributed by atoms with Crippen molar-refractivity contribution in [3.8, 4) is 0 Å². The zero-order chi connectivity index (χ0) is 13.5. The maximum atomic E-state index is 11.8. The summed E-state index contributed by atoms with van der Waals surface area (Å²) in [5, 5.41) is 3.01. The van der Waals surface area contributed by atoms with Gasteiger partial charge < -0.3 is 11.1 Å². The third kappa shape index (κ3) is 6.59. The number of nitrogens with zero attached hydrogens (tertiary/aromatic N) is 1. The monoisotopic (exact) mass is 291 g/mol. The third-order valence-electron chi connectivity index (χ3n) is 3.55. The molecule has 1 amide bonds. The molecule has 1 aliphatic rings. The van der Waals surface area contributed by atoms with Gasteiger partial charge in [0.25, 0.3) is 0 Å². The number of amides is 1. The molecule has 0 aliphatic carbocycles. The topological polar surface area (TPSA) is 58.4 Å². The first kappa shape index (κ1) is 18.7. The van der Waals surface area contributed by atoms with Crippen molar-refractivity contribution in [3.63, 3.8) is 0 Å². The Labute approximate surface area is 123 Å². The molecule has 1 rings (SSSR count). The van der Waals surface area contributed by atoms with Crippen LogP contribution in [-0.2, 0) is 4.79 Å². The van der Waals surface area contributed by atoms with Crippen molar-refractivity contribution >= 4 is 18.3 Å². The SMILES string of the molecule is CCCC(N)C(=O)NC[C@H]1CCCN1CC(C)C.Cl. The molecule has 0 radical (unpaired) electrons. The fraction of sp³-hybridized carbons (Fsp3) is 0.929.